The Morgan fingerprint density at radius 1 is 1.10 bits per heavy atom. The van der Waals surface area contributed by atoms with Crippen molar-refractivity contribution in [2.45, 2.75) is 33.6 Å². The van der Waals surface area contributed by atoms with Crippen LogP contribution < -0.4 is 10.6 Å². The first-order valence-corrected chi connectivity index (χ1v) is 7.33. The molecule has 0 aliphatic heterocycles. The summed E-state index contributed by atoms with van der Waals surface area (Å²) >= 11 is 0. The van der Waals surface area contributed by atoms with Crippen LogP contribution in [-0.2, 0) is 19.9 Å². The monoisotopic (exact) mass is 289 g/mol. The fraction of sp³-hybridized carbons (Fsp3) is 0.571. The van der Waals surface area contributed by atoms with Gasteiger partial charge in [0.05, 0.1) is 0 Å². The summed E-state index contributed by atoms with van der Waals surface area (Å²) in [6.07, 6.45) is 3.29. The lowest BCUT2D eigenvalue weighted by atomic mass is 10.2. The number of rotatable bonds is 7. The van der Waals surface area contributed by atoms with Gasteiger partial charge in [-0.3, -0.25) is 4.68 Å². The molecular weight excluding hydrogens is 266 g/mol. The van der Waals surface area contributed by atoms with Crippen LogP contribution >= 0.6 is 0 Å². The van der Waals surface area contributed by atoms with E-state index in [9.17, 15) is 0 Å². The van der Waals surface area contributed by atoms with Crippen LogP contribution in [0, 0.1) is 6.92 Å². The molecule has 0 bridgehead atoms. The van der Waals surface area contributed by atoms with Crippen molar-refractivity contribution >= 4 is 11.6 Å². The average molecular weight is 289 g/mol. The molecule has 0 unspecified atom stereocenters. The minimum absolute atomic E-state index is 0.747. The van der Waals surface area contributed by atoms with E-state index in [1.54, 1.807) is 11.0 Å². The zero-order chi connectivity index (χ0) is 15.2. The van der Waals surface area contributed by atoms with E-state index in [1.807, 2.05) is 14.0 Å². The molecule has 0 amide bonds. The zero-order valence-electron chi connectivity index (χ0n) is 13.1. The molecular formula is C14H23N7. The Bertz CT molecular complexity index is 591. The van der Waals surface area contributed by atoms with Gasteiger partial charge in [-0.2, -0.15) is 5.10 Å². The van der Waals surface area contributed by atoms with Crippen LogP contribution in [0.4, 0.5) is 11.6 Å². The van der Waals surface area contributed by atoms with Gasteiger partial charge in [-0.15, -0.1) is 0 Å². The number of hydrogen-bond donors (Lipinski definition) is 2. The molecule has 2 rings (SSSR count). The van der Waals surface area contributed by atoms with Crippen molar-refractivity contribution in [1.82, 2.24) is 24.7 Å². The maximum atomic E-state index is 4.56. The fourth-order valence-corrected chi connectivity index (χ4v) is 2.02. The Morgan fingerprint density at radius 2 is 1.81 bits per heavy atom. The summed E-state index contributed by atoms with van der Waals surface area (Å²) in [5.41, 5.74) is 1.04. The number of hydrogen-bond acceptors (Lipinski definition) is 6. The Kier molecular flexibility index (Phi) is 5.08. The summed E-state index contributed by atoms with van der Waals surface area (Å²) in [6.45, 7) is 7.74. The molecule has 0 radical (unpaired) electrons. The van der Waals surface area contributed by atoms with Gasteiger partial charge in [0.25, 0.3) is 0 Å². The van der Waals surface area contributed by atoms with Crippen molar-refractivity contribution in [2.24, 2.45) is 7.05 Å². The number of nitrogens with zero attached hydrogens (tertiary/aromatic N) is 5. The second kappa shape index (κ2) is 7.01. The third-order valence-electron chi connectivity index (χ3n) is 3.14. The summed E-state index contributed by atoms with van der Waals surface area (Å²) in [6, 6.07) is 0. The smallest absolute Gasteiger partial charge is 0.152 e. The van der Waals surface area contributed by atoms with Crippen LogP contribution in [0.3, 0.4) is 0 Å². The molecule has 2 aromatic heterocycles. The first-order valence-electron chi connectivity index (χ1n) is 7.33. The Hall–Kier alpha value is -2.18. The Morgan fingerprint density at radius 3 is 2.38 bits per heavy atom. The minimum atomic E-state index is 0.747. The largest absolute Gasteiger partial charge is 0.370 e. The van der Waals surface area contributed by atoms with Gasteiger partial charge in [-0.1, -0.05) is 6.92 Å². The molecule has 2 N–H and O–H groups in total. The third kappa shape index (κ3) is 3.90. The molecule has 2 aromatic rings. The highest BCUT2D eigenvalue weighted by molar-refractivity contribution is 5.57. The van der Waals surface area contributed by atoms with Crippen LogP contribution in [0.2, 0.25) is 0 Å². The van der Waals surface area contributed by atoms with Gasteiger partial charge in [-0.25, -0.2) is 15.0 Å². The lowest BCUT2D eigenvalue weighted by Gasteiger charge is -2.13. The number of aromatic nitrogens is 5. The molecule has 0 aliphatic carbocycles. The van der Waals surface area contributed by atoms with Crippen LogP contribution in [0.1, 0.15) is 31.1 Å². The van der Waals surface area contributed by atoms with Crippen molar-refractivity contribution in [3.63, 3.8) is 0 Å². The number of nitrogens with one attached hydrogen (secondary N) is 2. The van der Waals surface area contributed by atoms with Crippen LogP contribution in [0.25, 0.3) is 0 Å². The fourth-order valence-electron chi connectivity index (χ4n) is 2.02. The Balaban J connectivity index is 2.05. The van der Waals surface area contributed by atoms with E-state index in [-0.39, 0.29) is 0 Å². The molecule has 0 aromatic carbocycles. The molecule has 7 nitrogen and oxygen atoms in total. The van der Waals surface area contributed by atoms with E-state index in [0.29, 0.717) is 0 Å². The molecule has 0 aliphatic rings. The average Bonchev–Trinajstić information content (AvgIpc) is 2.88. The summed E-state index contributed by atoms with van der Waals surface area (Å²) in [7, 11) is 1.87. The number of anilines is 2. The highest BCUT2D eigenvalue weighted by Crippen LogP contribution is 2.20. The minimum Gasteiger partial charge on any atom is -0.370 e. The van der Waals surface area contributed by atoms with Crippen molar-refractivity contribution in [3.8, 4) is 0 Å². The zero-order valence-corrected chi connectivity index (χ0v) is 13.1. The molecule has 0 atom stereocenters. The van der Waals surface area contributed by atoms with Crippen molar-refractivity contribution < 1.29 is 0 Å². The maximum Gasteiger partial charge on any atom is 0.152 e. The predicted octanol–water partition coefficient (Wildman–Crippen LogP) is 1.56. The molecule has 0 saturated carbocycles. The normalized spacial score (nSPS) is 10.7. The van der Waals surface area contributed by atoms with Gasteiger partial charge in [0, 0.05) is 38.5 Å². The number of aryl methyl sites for hydroxylation is 2. The maximum absolute atomic E-state index is 4.56. The first-order chi connectivity index (χ1) is 10.1. The van der Waals surface area contributed by atoms with Gasteiger partial charge in [0.15, 0.2) is 5.82 Å². The highest BCUT2D eigenvalue weighted by Gasteiger charge is 2.09. The van der Waals surface area contributed by atoms with Crippen LogP contribution in [0.5, 0.6) is 0 Å². The molecule has 114 valence electrons. The molecule has 0 saturated heterocycles. The van der Waals surface area contributed by atoms with Gasteiger partial charge >= 0.3 is 0 Å². The predicted molar refractivity (Wildman–Crippen MR) is 83.5 cm³/mol. The molecule has 7 heteroatoms. The SMILES string of the molecule is CCNc1nc(CC)nc(NCCc2ncn(C)n2)c1C. The van der Waals surface area contributed by atoms with Crippen LogP contribution in [-0.4, -0.2) is 37.8 Å². The van der Waals surface area contributed by atoms with Gasteiger partial charge in [0.2, 0.25) is 0 Å². The van der Waals surface area contributed by atoms with E-state index >= 15 is 0 Å². The van der Waals surface area contributed by atoms with E-state index in [0.717, 1.165) is 54.8 Å². The highest BCUT2D eigenvalue weighted by atomic mass is 15.3. The topological polar surface area (TPSA) is 80.5 Å². The summed E-state index contributed by atoms with van der Waals surface area (Å²) < 4.78 is 1.71. The first kappa shape index (κ1) is 15.2. The summed E-state index contributed by atoms with van der Waals surface area (Å²) in [4.78, 5) is 13.3. The summed E-state index contributed by atoms with van der Waals surface area (Å²) in [5, 5.41) is 10.9. The Labute approximate surface area is 125 Å². The second-order valence-corrected chi connectivity index (χ2v) is 4.86. The van der Waals surface area contributed by atoms with Gasteiger partial charge in [0.1, 0.15) is 23.8 Å². The molecule has 21 heavy (non-hydrogen) atoms. The lowest BCUT2D eigenvalue weighted by molar-refractivity contribution is 0.741. The van der Waals surface area contributed by atoms with E-state index in [2.05, 4.69) is 44.5 Å². The quantitative estimate of drug-likeness (QED) is 0.805. The van der Waals surface area contributed by atoms with Gasteiger partial charge in [-0.05, 0) is 13.8 Å². The second-order valence-electron chi connectivity index (χ2n) is 4.86. The van der Waals surface area contributed by atoms with Crippen molar-refractivity contribution in [2.75, 3.05) is 23.7 Å². The summed E-state index contributed by atoms with van der Waals surface area (Å²) in [5.74, 6) is 3.46. The van der Waals surface area contributed by atoms with Gasteiger partial charge < -0.3 is 10.6 Å². The van der Waals surface area contributed by atoms with Crippen molar-refractivity contribution in [1.29, 1.82) is 0 Å². The lowest BCUT2D eigenvalue weighted by Crippen LogP contribution is -2.13. The van der Waals surface area contributed by atoms with E-state index < -0.39 is 0 Å². The molecule has 0 spiro atoms. The van der Waals surface area contributed by atoms with Crippen molar-refractivity contribution in [3.05, 3.63) is 23.5 Å². The standard InChI is InChI=1S/C14H23N7/c1-5-11-18-13(15-6-2)10(3)14(19-11)16-8-7-12-17-9-21(4)20-12/h9H,5-8H2,1-4H3,(H2,15,16,18,19). The molecule has 0 fully saturated rings. The van der Waals surface area contributed by atoms with Crippen LogP contribution in [0.15, 0.2) is 6.33 Å². The van der Waals surface area contributed by atoms with E-state index in [1.165, 1.54) is 0 Å². The molecule has 2 heterocycles. The van der Waals surface area contributed by atoms with E-state index in [4.69, 9.17) is 0 Å². The third-order valence-corrected chi connectivity index (χ3v) is 3.14.